The molecule has 114 valence electrons. The number of thioether (sulfide) groups is 1. The average Bonchev–Trinajstić information content (AvgIpc) is 2.54. The molecule has 0 aliphatic carbocycles. The number of amidine groups is 1. The number of aliphatic imine (C=N–C) groups is 1. The Balaban J connectivity index is 1.94. The van der Waals surface area contributed by atoms with Crippen LogP contribution in [0.4, 0.5) is 5.69 Å². The van der Waals surface area contributed by atoms with Gasteiger partial charge in [-0.25, -0.2) is 9.98 Å². The Morgan fingerprint density at radius 1 is 1.23 bits per heavy atom. The van der Waals surface area contributed by atoms with Gasteiger partial charge in [0, 0.05) is 24.3 Å². The first-order chi connectivity index (χ1) is 10.7. The zero-order valence-electron chi connectivity index (χ0n) is 13.0. The molecule has 1 aliphatic rings. The van der Waals surface area contributed by atoms with E-state index in [1.54, 1.807) is 18.9 Å². The molecule has 1 aliphatic heterocycles. The maximum atomic E-state index is 5.19. The first kappa shape index (κ1) is 14.9. The summed E-state index contributed by atoms with van der Waals surface area (Å²) in [6, 6.07) is 12.3. The average molecular weight is 313 g/mol. The number of fused-ring (bicyclic) bond motifs is 1. The van der Waals surface area contributed by atoms with E-state index >= 15 is 0 Å². The molecule has 0 bridgehead atoms. The van der Waals surface area contributed by atoms with Crippen molar-refractivity contribution in [2.45, 2.75) is 31.5 Å². The third-order valence-corrected chi connectivity index (χ3v) is 4.61. The van der Waals surface area contributed by atoms with Crippen molar-refractivity contribution >= 4 is 22.6 Å². The lowest BCUT2D eigenvalue weighted by Crippen LogP contribution is -2.37. The van der Waals surface area contributed by atoms with Gasteiger partial charge in [-0.15, -0.1) is 0 Å². The molecule has 0 saturated heterocycles. The van der Waals surface area contributed by atoms with Crippen LogP contribution in [0.1, 0.15) is 19.4 Å². The minimum atomic E-state index is 0.387. The molecule has 0 fully saturated rings. The first-order valence-corrected chi connectivity index (χ1v) is 8.10. The Morgan fingerprint density at radius 3 is 2.68 bits per heavy atom. The monoisotopic (exact) mass is 313 g/mol. The van der Waals surface area contributed by atoms with Gasteiger partial charge < -0.3 is 9.64 Å². The van der Waals surface area contributed by atoms with Crippen LogP contribution in [0.25, 0.3) is 0 Å². The number of hydrogen-bond acceptors (Lipinski definition) is 4. The molecule has 4 nitrogen and oxygen atoms in total. The molecule has 0 saturated carbocycles. The number of benzene rings is 1. The van der Waals surface area contributed by atoms with Crippen molar-refractivity contribution in [3.05, 3.63) is 48.2 Å². The fourth-order valence-corrected chi connectivity index (χ4v) is 3.38. The van der Waals surface area contributed by atoms with Crippen LogP contribution in [0.3, 0.4) is 0 Å². The van der Waals surface area contributed by atoms with Gasteiger partial charge >= 0.3 is 0 Å². The molecule has 0 N–H and O–H groups in total. The smallest absolute Gasteiger partial charge is 0.171 e. The molecule has 0 atom stereocenters. The van der Waals surface area contributed by atoms with Gasteiger partial charge in [-0.05, 0) is 55.9 Å². The molecule has 22 heavy (non-hydrogen) atoms. The van der Waals surface area contributed by atoms with Crippen LogP contribution in [0.15, 0.2) is 52.6 Å². The Bertz CT molecular complexity index is 683. The quantitative estimate of drug-likeness (QED) is 0.855. The van der Waals surface area contributed by atoms with Crippen LogP contribution in [0, 0.1) is 0 Å². The van der Waals surface area contributed by atoms with Crippen LogP contribution in [0.2, 0.25) is 0 Å². The van der Waals surface area contributed by atoms with E-state index < -0.39 is 0 Å². The molecule has 2 aromatic rings. The van der Waals surface area contributed by atoms with Gasteiger partial charge in [0.25, 0.3) is 0 Å². The number of nitrogens with zero attached hydrogens (tertiary/aromatic N) is 3. The molecule has 0 spiro atoms. The second-order valence-corrected chi connectivity index (χ2v) is 6.34. The number of aromatic nitrogens is 1. The van der Waals surface area contributed by atoms with E-state index in [1.165, 1.54) is 5.56 Å². The van der Waals surface area contributed by atoms with Crippen molar-refractivity contribution in [3.8, 4) is 5.75 Å². The molecule has 2 heterocycles. The van der Waals surface area contributed by atoms with Crippen LogP contribution in [-0.2, 0) is 6.54 Å². The number of pyridine rings is 1. The van der Waals surface area contributed by atoms with E-state index in [2.05, 4.69) is 29.8 Å². The van der Waals surface area contributed by atoms with E-state index in [9.17, 15) is 0 Å². The summed E-state index contributed by atoms with van der Waals surface area (Å²) >= 11 is 1.63. The van der Waals surface area contributed by atoms with Crippen LogP contribution >= 0.6 is 11.8 Å². The lowest BCUT2D eigenvalue weighted by molar-refractivity contribution is 0.343. The van der Waals surface area contributed by atoms with Gasteiger partial charge in [-0.1, -0.05) is 6.07 Å². The summed E-state index contributed by atoms with van der Waals surface area (Å²) in [6.07, 6.45) is 1.84. The van der Waals surface area contributed by atoms with E-state index in [1.807, 2.05) is 36.5 Å². The third-order valence-electron chi connectivity index (χ3n) is 3.54. The van der Waals surface area contributed by atoms with Crippen LogP contribution in [-0.4, -0.2) is 28.2 Å². The second kappa shape index (κ2) is 6.40. The maximum Gasteiger partial charge on any atom is 0.171 e. The Labute approximate surface area is 135 Å². The normalized spacial score (nSPS) is 16.0. The number of methoxy groups -OCH3 is 1. The van der Waals surface area contributed by atoms with E-state index in [0.717, 1.165) is 28.2 Å². The zero-order chi connectivity index (χ0) is 15.5. The summed E-state index contributed by atoms with van der Waals surface area (Å²) < 4.78 is 5.19. The highest BCUT2D eigenvalue weighted by Crippen LogP contribution is 2.33. The highest BCUT2D eigenvalue weighted by Gasteiger charge is 2.25. The summed E-state index contributed by atoms with van der Waals surface area (Å²) in [5.74, 6) is 0.841. The molecule has 0 amide bonds. The number of hydrogen-bond donors (Lipinski definition) is 0. The largest absolute Gasteiger partial charge is 0.497 e. The van der Waals surface area contributed by atoms with Gasteiger partial charge in [0.2, 0.25) is 0 Å². The van der Waals surface area contributed by atoms with E-state index in [-0.39, 0.29) is 0 Å². The third kappa shape index (κ3) is 3.09. The van der Waals surface area contributed by atoms with Crippen molar-refractivity contribution in [2.24, 2.45) is 4.99 Å². The van der Waals surface area contributed by atoms with E-state index in [4.69, 9.17) is 9.73 Å². The lowest BCUT2D eigenvalue weighted by atomic mass is 10.2. The lowest BCUT2D eigenvalue weighted by Gasteiger charge is -2.33. The van der Waals surface area contributed by atoms with Crippen molar-refractivity contribution in [1.29, 1.82) is 0 Å². The molecule has 5 heteroatoms. The predicted molar refractivity (Wildman–Crippen MR) is 90.9 cm³/mol. The van der Waals surface area contributed by atoms with Crippen molar-refractivity contribution < 1.29 is 4.74 Å². The maximum absolute atomic E-state index is 5.19. The molecular formula is C17H19N3OS. The summed E-state index contributed by atoms with van der Waals surface area (Å²) in [5, 5.41) is 2.04. The van der Waals surface area contributed by atoms with Crippen molar-refractivity contribution in [3.63, 3.8) is 0 Å². The zero-order valence-corrected chi connectivity index (χ0v) is 13.8. The van der Waals surface area contributed by atoms with Gasteiger partial charge in [0.1, 0.15) is 10.8 Å². The van der Waals surface area contributed by atoms with Crippen LogP contribution in [0.5, 0.6) is 5.75 Å². The van der Waals surface area contributed by atoms with Gasteiger partial charge in [0.05, 0.1) is 12.8 Å². The molecule has 0 unspecified atom stereocenters. The Hall–Kier alpha value is -2.01. The first-order valence-electron chi connectivity index (χ1n) is 7.28. The second-order valence-electron chi connectivity index (χ2n) is 5.38. The number of ether oxygens (including phenoxy) is 1. The predicted octanol–water partition coefficient (Wildman–Crippen LogP) is 4.09. The standard InChI is InChI=1S/C17H19N3OS/c1-12(2)20-11-13-5-4-10-18-16(13)22-17(20)19-14-6-8-15(21-3)9-7-14/h4-10,12H,11H2,1-3H3. The topological polar surface area (TPSA) is 37.7 Å². The Kier molecular flexibility index (Phi) is 4.34. The highest BCUT2D eigenvalue weighted by molar-refractivity contribution is 8.13. The minimum absolute atomic E-state index is 0.387. The molecule has 3 rings (SSSR count). The highest BCUT2D eigenvalue weighted by atomic mass is 32.2. The molecule has 0 radical (unpaired) electrons. The molecule has 1 aromatic carbocycles. The van der Waals surface area contributed by atoms with Crippen molar-refractivity contribution in [1.82, 2.24) is 9.88 Å². The molecular weight excluding hydrogens is 294 g/mol. The van der Waals surface area contributed by atoms with Gasteiger partial charge in [0.15, 0.2) is 5.17 Å². The van der Waals surface area contributed by atoms with Gasteiger partial charge in [-0.3, -0.25) is 0 Å². The van der Waals surface area contributed by atoms with E-state index in [0.29, 0.717) is 6.04 Å². The molecule has 1 aromatic heterocycles. The van der Waals surface area contributed by atoms with Crippen molar-refractivity contribution in [2.75, 3.05) is 7.11 Å². The summed E-state index contributed by atoms with van der Waals surface area (Å²) in [5.41, 5.74) is 2.18. The minimum Gasteiger partial charge on any atom is -0.497 e. The van der Waals surface area contributed by atoms with Crippen LogP contribution < -0.4 is 4.74 Å². The summed E-state index contributed by atoms with van der Waals surface area (Å²) in [7, 11) is 1.67. The summed E-state index contributed by atoms with van der Waals surface area (Å²) in [6.45, 7) is 5.22. The van der Waals surface area contributed by atoms with Gasteiger partial charge in [-0.2, -0.15) is 0 Å². The number of rotatable bonds is 3. The fourth-order valence-electron chi connectivity index (χ4n) is 2.29. The Morgan fingerprint density at radius 2 is 2.00 bits per heavy atom. The fraction of sp³-hybridized carbons (Fsp3) is 0.294. The summed E-state index contributed by atoms with van der Waals surface area (Å²) in [4.78, 5) is 11.6. The SMILES string of the molecule is COc1ccc(N=C2Sc3ncccc3CN2C(C)C)cc1.